The fourth-order valence-corrected chi connectivity index (χ4v) is 1.86. The molecule has 0 aliphatic rings. The highest BCUT2D eigenvalue weighted by Gasteiger charge is 2.24. The zero-order valence-corrected chi connectivity index (χ0v) is 11.5. The number of nitrogens with one attached hydrogen (secondary N) is 1. The third kappa shape index (κ3) is 2.27. The van der Waals surface area contributed by atoms with Gasteiger partial charge in [0.05, 0.1) is 27.8 Å². The van der Waals surface area contributed by atoms with E-state index in [-0.39, 0.29) is 17.9 Å². The van der Waals surface area contributed by atoms with E-state index in [0.29, 0.717) is 0 Å². The Hall–Kier alpha value is -0.880. The fraction of sp³-hybridized carbons (Fsp3) is 0.600. The molecule has 1 aromatic heterocycles. The van der Waals surface area contributed by atoms with Gasteiger partial charge in [-0.1, -0.05) is 6.92 Å². The first-order valence-corrected chi connectivity index (χ1v) is 5.91. The SMILES string of the molecule is Cc1nn(C(C)C(C)C(=O)NN)c(C)c1Br. The van der Waals surface area contributed by atoms with Crippen molar-refractivity contribution in [3.05, 3.63) is 15.9 Å². The topological polar surface area (TPSA) is 72.9 Å². The van der Waals surface area contributed by atoms with Crippen molar-refractivity contribution in [2.75, 3.05) is 0 Å². The Balaban J connectivity index is 3.00. The molecule has 0 saturated carbocycles. The molecule has 5 nitrogen and oxygen atoms in total. The van der Waals surface area contributed by atoms with E-state index in [9.17, 15) is 4.79 Å². The van der Waals surface area contributed by atoms with E-state index in [0.717, 1.165) is 15.9 Å². The van der Waals surface area contributed by atoms with Crippen LogP contribution in [0, 0.1) is 19.8 Å². The Kier molecular flexibility index (Phi) is 4.09. The summed E-state index contributed by atoms with van der Waals surface area (Å²) in [5, 5.41) is 4.40. The molecule has 1 aromatic rings. The van der Waals surface area contributed by atoms with Gasteiger partial charge < -0.3 is 0 Å². The number of hydrazine groups is 1. The van der Waals surface area contributed by atoms with Crippen molar-refractivity contribution in [1.82, 2.24) is 15.2 Å². The number of carbonyl (C=O) groups excluding carboxylic acids is 1. The van der Waals surface area contributed by atoms with Crippen LogP contribution in [-0.2, 0) is 4.79 Å². The highest BCUT2D eigenvalue weighted by molar-refractivity contribution is 9.10. The first kappa shape index (κ1) is 13.2. The molecule has 1 rings (SSSR count). The highest BCUT2D eigenvalue weighted by atomic mass is 79.9. The molecule has 2 atom stereocenters. The van der Waals surface area contributed by atoms with Crippen molar-refractivity contribution in [2.24, 2.45) is 11.8 Å². The van der Waals surface area contributed by atoms with Crippen LogP contribution in [0.2, 0.25) is 0 Å². The first-order valence-electron chi connectivity index (χ1n) is 5.11. The van der Waals surface area contributed by atoms with Crippen LogP contribution in [0.1, 0.15) is 31.3 Å². The van der Waals surface area contributed by atoms with Gasteiger partial charge in [-0.2, -0.15) is 5.10 Å². The Morgan fingerprint density at radius 2 is 2.06 bits per heavy atom. The number of nitrogens with two attached hydrogens (primary N) is 1. The van der Waals surface area contributed by atoms with Crippen LogP contribution < -0.4 is 11.3 Å². The molecule has 1 heterocycles. The van der Waals surface area contributed by atoms with Gasteiger partial charge in [-0.05, 0) is 36.7 Å². The van der Waals surface area contributed by atoms with Gasteiger partial charge in [-0.3, -0.25) is 14.9 Å². The van der Waals surface area contributed by atoms with Crippen molar-refractivity contribution >= 4 is 21.8 Å². The van der Waals surface area contributed by atoms with Gasteiger partial charge in [0.1, 0.15) is 0 Å². The Bertz CT molecular complexity index is 402. The molecule has 0 aromatic carbocycles. The largest absolute Gasteiger partial charge is 0.294 e. The molecule has 0 spiro atoms. The summed E-state index contributed by atoms with van der Waals surface area (Å²) in [4.78, 5) is 11.4. The molecule has 0 radical (unpaired) electrons. The van der Waals surface area contributed by atoms with Crippen LogP contribution in [0.3, 0.4) is 0 Å². The smallest absolute Gasteiger partial charge is 0.238 e. The number of hydrogen-bond donors (Lipinski definition) is 2. The summed E-state index contributed by atoms with van der Waals surface area (Å²) in [5.74, 6) is 4.71. The summed E-state index contributed by atoms with van der Waals surface area (Å²) < 4.78 is 2.83. The Morgan fingerprint density at radius 3 is 2.44 bits per heavy atom. The summed E-state index contributed by atoms with van der Waals surface area (Å²) >= 11 is 3.46. The quantitative estimate of drug-likeness (QED) is 0.502. The zero-order chi connectivity index (χ0) is 12.5. The molecule has 1 amide bonds. The van der Waals surface area contributed by atoms with Crippen LogP contribution in [-0.4, -0.2) is 15.7 Å². The van der Waals surface area contributed by atoms with Crippen molar-refractivity contribution in [1.29, 1.82) is 0 Å². The third-order valence-corrected chi connectivity index (χ3v) is 4.05. The van der Waals surface area contributed by atoms with Gasteiger partial charge in [0, 0.05) is 0 Å². The number of aryl methyl sites for hydroxylation is 1. The summed E-state index contributed by atoms with van der Waals surface area (Å²) in [6, 6.07) is -0.0338. The monoisotopic (exact) mass is 288 g/mol. The van der Waals surface area contributed by atoms with Crippen LogP contribution in [0.15, 0.2) is 4.47 Å². The van der Waals surface area contributed by atoms with Crippen molar-refractivity contribution < 1.29 is 4.79 Å². The number of amides is 1. The van der Waals surface area contributed by atoms with E-state index in [1.807, 2.05) is 32.4 Å². The van der Waals surface area contributed by atoms with Crippen molar-refractivity contribution in [3.8, 4) is 0 Å². The van der Waals surface area contributed by atoms with Crippen LogP contribution in [0.4, 0.5) is 0 Å². The lowest BCUT2D eigenvalue weighted by molar-refractivity contribution is -0.125. The summed E-state index contributed by atoms with van der Waals surface area (Å²) in [6.07, 6.45) is 0. The van der Waals surface area contributed by atoms with Gasteiger partial charge in [0.25, 0.3) is 0 Å². The van der Waals surface area contributed by atoms with Crippen LogP contribution in [0.25, 0.3) is 0 Å². The molecule has 0 fully saturated rings. The number of halogens is 1. The lowest BCUT2D eigenvalue weighted by Crippen LogP contribution is -2.38. The number of aromatic nitrogens is 2. The normalized spacial score (nSPS) is 14.6. The van der Waals surface area contributed by atoms with E-state index in [1.54, 1.807) is 0 Å². The maximum atomic E-state index is 11.4. The van der Waals surface area contributed by atoms with Gasteiger partial charge >= 0.3 is 0 Å². The van der Waals surface area contributed by atoms with Crippen LogP contribution in [0.5, 0.6) is 0 Å². The molecule has 16 heavy (non-hydrogen) atoms. The second-order valence-electron chi connectivity index (χ2n) is 3.97. The molecule has 0 aliphatic carbocycles. The van der Waals surface area contributed by atoms with Crippen LogP contribution >= 0.6 is 15.9 Å². The van der Waals surface area contributed by atoms with Crippen molar-refractivity contribution in [3.63, 3.8) is 0 Å². The standard InChI is InChI=1S/C10H17BrN4O/c1-5(10(16)13-12)7(3)15-8(4)9(11)6(2)14-15/h5,7H,12H2,1-4H3,(H,13,16). The highest BCUT2D eigenvalue weighted by Crippen LogP contribution is 2.26. The first-order chi connectivity index (χ1) is 7.40. The maximum absolute atomic E-state index is 11.4. The second-order valence-corrected chi connectivity index (χ2v) is 4.76. The minimum absolute atomic E-state index is 0.0338. The summed E-state index contributed by atoms with van der Waals surface area (Å²) in [5.41, 5.74) is 4.10. The minimum atomic E-state index is -0.227. The molecule has 6 heteroatoms. The fourth-order valence-electron chi connectivity index (χ4n) is 1.60. The molecule has 0 aliphatic heterocycles. The predicted molar refractivity (Wildman–Crippen MR) is 65.6 cm³/mol. The third-order valence-electron chi connectivity index (χ3n) is 2.90. The van der Waals surface area contributed by atoms with E-state index in [2.05, 4.69) is 26.5 Å². The average Bonchev–Trinajstić information content (AvgIpc) is 2.54. The minimum Gasteiger partial charge on any atom is -0.294 e. The Morgan fingerprint density at radius 1 is 1.50 bits per heavy atom. The number of rotatable bonds is 3. The van der Waals surface area contributed by atoms with E-state index in [4.69, 9.17) is 5.84 Å². The van der Waals surface area contributed by atoms with E-state index in [1.165, 1.54) is 0 Å². The molecule has 0 saturated heterocycles. The van der Waals surface area contributed by atoms with Gasteiger partial charge in [0.2, 0.25) is 5.91 Å². The molecular formula is C10H17BrN4O. The predicted octanol–water partition coefficient (Wildman–Crippen LogP) is 1.45. The molecule has 90 valence electrons. The molecule has 0 bridgehead atoms. The number of hydrogen-bond acceptors (Lipinski definition) is 3. The number of carbonyl (C=O) groups is 1. The number of nitrogens with zero attached hydrogens (tertiary/aromatic N) is 2. The molecular weight excluding hydrogens is 272 g/mol. The summed E-state index contributed by atoms with van der Waals surface area (Å²) in [7, 11) is 0. The summed E-state index contributed by atoms with van der Waals surface area (Å²) in [6.45, 7) is 7.67. The van der Waals surface area contributed by atoms with Gasteiger partial charge in [-0.25, -0.2) is 5.84 Å². The van der Waals surface area contributed by atoms with E-state index >= 15 is 0 Å². The maximum Gasteiger partial charge on any atom is 0.238 e. The molecule has 2 unspecified atom stereocenters. The lowest BCUT2D eigenvalue weighted by Gasteiger charge is -2.20. The van der Waals surface area contributed by atoms with Gasteiger partial charge in [-0.15, -0.1) is 0 Å². The van der Waals surface area contributed by atoms with E-state index < -0.39 is 0 Å². The molecule has 3 N–H and O–H groups in total. The Labute approximate surface area is 103 Å². The second kappa shape index (κ2) is 4.97. The zero-order valence-electron chi connectivity index (χ0n) is 9.91. The lowest BCUT2D eigenvalue weighted by atomic mass is 10.0. The average molecular weight is 289 g/mol. The van der Waals surface area contributed by atoms with Crippen molar-refractivity contribution in [2.45, 2.75) is 33.7 Å². The van der Waals surface area contributed by atoms with Gasteiger partial charge in [0.15, 0.2) is 0 Å².